The van der Waals surface area contributed by atoms with E-state index in [9.17, 15) is 9.59 Å². The highest BCUT2D eigenvalue weighted by Crippen LogP contribution is 2.06. The van der Waals surface area contributed by atoms with Crippen LogP contribution in [0.25, 0.3) is 0 Å². The number of Topliss-reactive ketones (excluding diaryl/α,β-unsaturated/α-hetero) is 1. The Morgan fingerprint density at radius 2 is 1.93 bits per heavy atom. The van der Waals surface area contributed by atoms with E-state index in [1.54, 1.807) is 0 Å². The van der Waals surface area contributed by atoms with E-state index in [2.05, 4.69) is 5.32 Å². The van der Waals surface area contributed by atoms with Crippen LogP contribution in [0.5, 0.6) is 0 Å². The SMILES string of the molecule is CCOC(C)(C)CNC(=O)CC(C)=O. The first-order valence-corrected chi connectivity index (χ1v) is 4.77. The lowest BCUT2D eigenvalue weighted by molar-refractivity contribution is -0.128. The van der Waals surface area contributed by atoms with Crippen LogP contribution in [-0.4, -0.2) is 30.4 Å². The molecule has 0 saturated heterocycles. The van der Waals surface area contributed by atoms with Crippen molar-refractivity contribution in [2.75, 3.05) is 13.2 Å². The van der Waals surface area contributed by atoms with Crippen LogP contribution in [0.4, 0.5) is 0 Å². The van der Waals surface area contributed by atoms with E-state index in [1.807, 2.05) is 20.8 Å². The Bertz CT molecular complexity index is 211. The molecule has 0 aliphatic heterocycles. The first-order valence-electron chi connectivity index (χ1n) is 4.77. The summed E-state index contributed by atoms with van der Waals surface area (Å²) < 4.78 is 5.39. The van der Waals surface area contributed by atoms with E-state index >= 15 is 0 Å². The number of ketones is 1. The number of carbonyl (C=O) groups is 2. The molecule has 0 rings (SSSR count). The first-order chi connectivity index (χ1) is 6.37. The second-order valence-electron chi connectivity index (χ2n) is 3.85. The van der Waals surface area contributed by atoms with Gasteiger partial charge in [0.1, 0.15) is 5.78 Å². The molecular weight excluding hydrogens is 182 g/mol. The monoisotopic (exact) mass is 201 g/mol. The van der Waals surface area contributed by atoms with Crippen LogP contribution in [0.3, 0.4) is 0 Å². The smallest absolute Gasteiger partial charge is 0.227 e. The zero-order valence-corrected chi connectivity index (χ0v) is 9.35. The molecule has 0 radical (unpaired) electrons. The normalized spacial score (nSPS) is 11.1. The summed E-state index contributed by atoms with van der Waals surface area (Å²) >= 11 is 0. The summed E-state index contributed by atoms with van der Waals surface area (Å²) in [6, 6.07) is 0. The van der Waals surface area contributed by atoms with Gasteiger partial charge in [0, 0.05) is 13.2 Å². The molecule has 14 heavy (non-hydrogen) atoms. The maximum absolute atomic E-state index is 11.1. The van der Waals surface area contributed by atoms with Crippen LogP contribution in [-0.2, 0) is 14.3 Å². The van der Waals surface area contributed by atoms with Gasteiger partial charge < -0.3 is 10.1 Å². The molecule has 0 aliphatic rings. The van der Waals surface area contributed by atoms with Gasteiger partial charge in [-0.3, -0.25) is 9.59 Å². The second-order valence-corrected chi connectivity index (χ2v) is 3.85. The van der Waals surface area contributed by atoms with E-state index in [1.165, 1.54) is 6.92 Å². The van der Waals surface area contributed by atoms with Crippen LogP contribution in [0.1, 0.15) is 34.1 Å². The van der Waals surface area contributed by atoms with Gasteiger partial charge in [0.05, 0.1) is 12.0 Å². The highest BCUT2D eigenvalue weighted by molar-refractivity contribution is 5.96. The summed E-state index contributed by atoms with van der Waals surface area (Å²) in [6.07, 6.45) is -0.0534. The number of amides is 1. The molecule has 0 spiro atoms. The highest BCUT2D eigenvalue weighted by Gasteiger charge is 2.18. The zero-order valence-electron chi connectivity index (χ0n) is 9.35. The Labute approximate surface area is 85.0 Å². The van der Waals surface area contributed by atoms with E-state index < -0.39 is 0 Å². The molecule has 0 atom stereocenters. The average Bonchev–Trinajstić information content (AvgIpc) is 2.00. The Morgan fingerprint density at radius 1 is 1.36 bits per heavy atom. The molecule has 0 aromatic rings. The maximum Gasteiger partial charge on any atom is 0.227 e. The number of nitrogens with one attached hydrogen (secondary N) is 1. The Balaban J connectivity index is 3.81. The fourth-order valence-electron chi connectivity index (χ4n) is 1.04. The molecule has 1 N–H and O–H groups in total. The van der Waals surface area contributed by atoms with Crippen molar-refractivity contribution in [3.05, 3.63) is 0 Å². The molecule has 0 unspecified atom stereocenters. The average molecular weight is 201 g/mol. The van der Waals surface area contributed by atoms with E-state index in [-0.39, 0.29) is 23.7 Å². The van der Waals surface area contributed by atoms with Crippen molar-refractivity contribution in [1.82, 2.24) is 5.32 Å². The van der Waals surface area contributed by atoms with Crippen molar-refractivity contribution >= 4 is 11.7 Å². The Kier molecular flexibility index (Phi) is 5.38. The summed E-state index contributed by atoms with van der Waals surface area (Å²) in [5.74, 6) is -0.373. The number of hydrogen-bond acceptors (Lipinski definition) is 3. The first kappa shape index (κ1) is 13.1. The highest BCUT2D eigenvalue weighted by atomic mass is 16.5. The topological polar surface area (TPSA) is 55.4 Å². The summed E-state index contributed by atoms with van der Waals surface area (Å²) in [7, 11) is 0. The molecule has 0 aromatic carbocycles. The number of ether oxygens (including phenoxy) is 1. The number of carbonyl (C=O) groups excluding carboxylic acids is 2. The molecule has 0 aliphatic carbocycles. The van der Waals surface area contributed by atoms with Crippen LogP contribution in [0.2, 0.25) is 0 Å². The van der Waals surface area contributed by atoms with E-state index in [0.29, 0.717) is 13.2 Å². The van der Waals surface area contributed by atoms with Gasteiger partial charge in [-0.15, -0.1) is 0 Å². The second kappa shape index (κ2) is 5.75. The summed E-state index contributed by atoms with van der Waals surface area (Å²) in [6.45, 7) is 8.12. The molecular formula is C10H19NO3. The minimum atomic E-state index is -0.374. The van der Waals surface area contributed by atoms with Crippen molar-refractivity contribution in [1.29, 1.82) is 0 Å². The van der Waals surface area contributed by atoms with Crippen LogP contribution in [0.15, 0.2) is 0 Å². The molecule has 0 bridgehead atoms. The van der Waals surface area contributed by atoms with Crippen molar-refractivity contribution in [2.24, 2.45) is 0 Å². The quantitative estimate of drug-likeness (QED) is 0.649. The largest absolute Gasteiger partial charge is 0.374 e. The summed E-state index contributed by atoms with van der Waals surface area (Å²) in [5.41, 5.74) is -0.374. The van der Waals surface area contributed by atoms with Crippen LogP contribution < -0.4 is 5.32 Å². The number of hydrogen-bond donors (Lipinski definition) is 1. The van der Waals surface area contributed by atoms with E-state index in [4.69, 9.17) is 4.74 Å². The van der Waals surface area contributed by atoms with Gasteiger partial charge in [-0.25, -0.2) is 0 Å². The minimum absolute atomic E-state index is 0.0534. The van der Waals surface area contributed by atoms with Crippen molar-refractivity contribution in [3.8, 4) is 0 Å². The predicted molar refractivity (Wildman–Crippen MR) is 54.0 cm³/mol. The molecule has 1 amide bonds. The predicted octanol–water partition coefficient (Wildman–Crippen LogP) is 0.897. The van der Waals surface area contributed by atoms with Crippen molar-refractivity contribution in [2.45, 2.75) is 39.7 Å². The van der Waals surface area contributed by atoms with Crippen molar-refractivity contribution in [3.63, 3.8) is 0 Å². The molecule has 0 fully saturated rings. The molecule has 4 nitrogen and oxygen atoms in total. The minimum Gasteiger partial charge on any atom is -0.374 e. The fraction of sp³-hybridized carbons (Fsp3) is 0.800. The van der Waals surface area contributed by atoms with Gasteiger partial charge in [0.15, 0.2) is 0 Å². The van der Waals surface area contributed by atoms with Crippen LogP contribution >= 0.6 is 0 Å². The molecule has 0 aromatic heterocycles. The van der Waals surface area contributed by atoms with Crippen molar-refractivity contribution < 1.29 is 14.3 Å². The molecule has 0 saturated carbocycles. The van der Waals surface area contributed by atoms with Gasteiger partial charge in [-0.1, -0.05) is 0 Å². The van der Waals surface area contributed by atoms with Gasteiger partial charge in [-0.05, 0) is 27.7 Å². The Morgan fingerprint density at radius 3 is 2.36 bits per heavy atom. The fourth-order valence-corrected chi connectivity index (χ4v) is 1.04. The lowest BCUT2D eigenvalue weighted by Crippen LogP contribution is -2.40. The van der Waals surface area contributed by atoms with E-state index in [0.717, 1.165) is 0 Å². The van der Waals surface area contributed by atoms with Gasteiger partial charge in [0.25, 0.3) is 0 Å². The summed E-state index contributed by atoms with van der Waals surface area (Å²) in [4.78, 5) is 21.7. The third-order valence-electron chi connectivity index (χ3n) is 1.66. The van der Waals surface area contributed by atoms with Crippen LogP contribution in [0, 0.1) is 0 Å². The third kappa shape index (κ3) is 6.60. The maximum atomic E-state index is 11.1. The Hall–Kier alpha value is -0.900. The lowest BCUT2D eigenvalue weighted by Gasteiger charge is -2.24. The number of rotatable bonds is 6. The zero-order chi connectivity index (χ0) is 11.2. The summed E-state index contributed by atoms with van der Waals surface area (Å²) in [5, 5.41) is 2.65. The molecule has 4 heteroatoms. The standard InChI is InChI=1S/C10H19NO3/c1-5-14-10(3,4)7-11-9(13)6-8(2)12/h5-7H2,1-4H3,(H,11,13). The van der Waals surface area contributed by atoms with Gasteiger partial charge >= 0.3 is 0 Å². The lowest BCUT2D eigenvalue weighted by atomic mass is 10.1. The van der Waals surface area contributed by atoms with Gasteiger partial charge in [0.2, 0.25) is 5.91 Å². The molecule has 0 heterocycles. The molecule has 82 valence electrons. The third-order valence-corrected chi connectivity index (χ3v) is 1.66. The van der Waals surface area contributed by atoms with Gasteiger partial charge in [-0.2, -0.15) is 0 Å².